The van der Waals surface area contributed by atoms with Gasteiger partial charge in [-0.3, -0.25) is 0 Å². The molecule has 0 saturated heterocycles. The fourth-order valence-corrected chi connectivity index (χ4v) is 2.14. The van der Waals surface area contributed by atoms with Gasteiger partial charge in [-0.15, -0.1) is 0 Å². The summed E-state index contributed by atoms with van der Waals surface area (Å²) in [5.41, 5.74) is 0. The van der Waals surface area contributed by atoms with Crippen LogP contribution in [-0.2, 0) is 22.1 Å². The molecule has 6 nitrogen and oxygen atoms in total. The molecule has 0 atom stereocenters. The van der Waals surface area contributed by atoms with E-state index in [-0.39, 0.29) is 23.1 Å². The second-order valence-electron chi connectivity index (χ2n) is 3.78. The van der Waals surface area contributed by atoms with Crippen LogP contribution >= 0.6 is 10.7 Å². The summed E-state index contributed by atoms with van der Waals surface area (Å²) < 4.78 is 45.7. The zero-order valence-corrected chi connectivity index (χ0v) is 11.9. The number of rotatable bonds is 5. The number of nitrogens with zero attached hydrogens (tertiary/aromatic N) is 2. The van der Waals surface area contributed by atoms with E-state index >= 15 is 0 Å². The molecule has 9 heteroatoms. The van der Waals surface area contributed by atoms with Gasteiger partial charge in [0.2, 0.25) is 0 Å². The van der Waals surface area contributed by atoms with Gasteiger partial charge in [0.1, 0.15) is 0 Å². The zero-order chi connectivity index (χ0) is 14.8. The van der Waals surface area contributed by atoms with E-state index in [1.54, 1.807) is 0 Å². The molecule has 0 aliphatic heterocycles. The molecule has 0 aliphatic carbocycles. The van der Waals surface area contributed by atoms with Crippen LogP contribution in [0.2, 0.25) is 0 Å². The summed E-state index contributed by atoms with van der Waals surface area (Å²) in [7, 11) is 1.13. The van der Waals surface area contributed by atoms with E-state index < -0.39 is 14.9 Å². The standard InChI is InChI=1S/C11H10ClFN2O4S/c1-2-10-14-11(19-15-10)6-18-9-4-3-7(5-8(9)13)20(12,16)17/h3-5H,2,6H2,1H3. The summed E-state index contributed by atoms with van der Waals surface area (Å²) in [5, 5.41) is 3.66. The maximum absolute atomic E-state index is 13.6. The number of aromatic nitrogens is 2. The minimum absolute atomic E-state index is 0.114. The van der Waals surface area contributed by atoms with Crippen molar-refractivity contribution in [1.82, 2.24) is 10.1 Å². The second-order valence-corrected chi connectivity index (χ2v) is 6.34. The van der Waals surface area contributed by atoms with Gasteiger partial charge in [-0.2, -0.15) is 4.98 Å². The summed E-state index contributed by atoms with van der Waals surface area (Å²) in [6, 6.07) is 3.09. The van der Waals surface area contributed by atoms with Gasteiger partial charge in [-0.1, -0.05) is 12.1 Å². The summed E-state index contributed by atoms with van der Waals surface area (Å²) in [6.45, 7) is 1.75. The number of hydrogen-bond acceptors (Lipinski definition) is 6. The van der Waals surface area contributed by atoms with Crippen LogP contribution in [0, 0.1) is 5.82 Å². The normalized spacial score (nSPS) is 11.6. The highest BCUT2D eigenvalue weighted by molar-refractivity contribution is 8.13. The summed E-state index contributed by atoms with van der Waals surface area (Å²) >= 11 is 0. The molecule has 2 aromatic rings. The average molecular weight is 321 g/mol. The van der Waals surface area contributed by atoms with Crippen molar-refractivity contribution >= 4 is 19.7 Å². The molecule has 1 aromatic carbocycles. The molecule has 1 aromatic heterocycles. The molecule has 0 radical (unpaired) electrons. The van der Waals surface area contributed by atoms with Crippen LogP contribution < -0.4 is 4.74 Å². The Morgan fingerprint density at radius 2 is 2.20 bits per heavy atom. The van der Waals surface area contributed by atoms with E-state index in [0.29, 0.717) is 12.2 Å². The van der Waals surface area contributed by atoms with Gasteiger partial charge >= 0.3 is 0 Å². The molecule has 20 heavy (non-hydrogen) atoms. The molecule has 0 saturated carbocycles. The molecule has 2 rings (SSSR count). The number of ether oxygens (including phenoxy) is 1. The molecule has 108 valence electrons. The fraction of sp³-hybridized carbons (Fsp3) is 0.273. The van der Waals surface area contributed by atoms with Crippen LogP contribution in [0.15, 0.2) is 27.6 Å². The van der Waals surface area contributed by atoms with Crippen LogP contribution in [0.1, 0.15) is 18.6 Å². The Balaban J connectivity index is 2.10. The summed E-state index contributed by atoms with van der Waals surface area (Å²) in [5.74, 6) is -0.254. The Hall–Kier alpha value is -1.67. The maximum Gasteiger partial charge on any atom is 0.264 e. The van der Waals surface area contributed by atoms with Crippen molar-refractivity contribution in [2.24, 2.45) is 0 Å². The largest absolute Gasteiger partial charge is 0.481 e. The van der Waals surface area contributed by atoms with Gasteiger partial charge in [0.15, 0.2) is 24.0 Å². The number of aryl methyl sites for hydroxylation is 1. The van der Waals surface area contributed by atoms with Crippen molar-refractivity contribution in [1.29, 1.82) is 0 Å². The van der Waals surface area contributed by atoms with Crippen molar-refractivity contribution in [2.45, 2.75) is 24.8 Å². The predicted octanol–water partition coefficient (Wildman–Crippen LogP) is 2.28. The Bertz CT molecular complexity index is 717. The lowest BCUT2D eigenvalue weighted by Gasteiger charge is -2.05. The molecule has 0 spiro atoms. The molecular formula is C11H10ClFN2O4S. The third kappa shape index (κ3) is 3.45. The first-order valence-corrected chi connectivity index (χ1v) is 7.89. The molecule has 0 N–H and O–H groups in total. The Morgan fingerprint density at radius 3 is 2.75 bits per heavy atom. The molecular weight excluding hydrogens is 311 g/mol. The zero-order valence-electron chi connectivity index (χ0n) is 10.3. The lowest BCUT2D eigenvalue weighted by atomic mass is 10.3. The topological polar surface area (TPSA) is 82.3 Å². The van der Waals surface area contributed by atoms with Crippen molar-refractivity contribution in [3.63, 3.8) is 0 Å². The van der Waals surface area contributed by atoms with E-state index in [1.165, 1.54) is 6.07 Å². The number of hydrogen-bond donors (Lipinski definition) is 0. The van der Waals surface area contributed by atoms with Crippen LogP contribution in [0.5, 0.6) is 5.75 Å². The molecule has 0 bridgehead atoms. The van der Waals surface area contributed by atoms with E-state index in [0.717, 1.165) is 12.1 Å². The monoisotopic (exact) mass is 320 g/mol. The highest BCUT2D eigenvalue weighted by atomic mass is 35.7. The first-order valence-electron chi connectivity index (χ1n) is 5.58. The fourth-order valence-electron chi connectivity index (χ4n) is 1.38. The SMILES string of the molecule is CCc1noc(COc2ccc(S(=O)(=O)Cl)cc2F)n1. The Morgan fingerprint density at radius 1 is 1.45 bits per heavy atom. The lowest BCUT2D eigenvalue weighted by Crippen LogP contribution is -1.99. The first-order chi connectivity index (χ1) is 9.40. The molecule has 0 aliphatic rings. The summed E-state index contributed by atoms with van der Waals surface area (Å²) in [4.78, 5) is 3.65. The highest BCUT2D eigenvalue weighted by Crippen LogP contribution is 2.23. The van der Waals surface area contributed by atoms with Crippen LogP contribution in [0.3, 0.4) is 0 Å². The number of benzene rings is 1. The van der Waals surface area contributed by atoms with Gasteiger partial charge in [0.25, 0.3) is 14.9 Å². The van der Waals surface area contributed by atoms with Gasteiger partial charge in [0.05, 0.1) is 4.90 Å². The first kappa shape index (κ1) is 14.7. The lowest BCUT2D eigenvalue weighted by molar-refractivity contribution is 0.234. The van der Waals surface area contributed by atoms with E-state index in [4.69, 9.17) is 19.9 Å². The van der Waals surface area contributed by atoms with Gasteiger partial charge < -0.3 is 9.26 Å². The van der Waals surface area contributed by atoms with E-state index in [2.05, 4.69) is 10.1 Å². The third-order valence-electron chi connectivity index (χ3n) is 2.36. The van der Waals surface area contributed by atoms with Crippen LogP contribution in [0.25, 0.3) is 0 Å². The van der Waals surface area contributed by atoms with Crippen molar-refractivity contribution < 1.29 is 22.1 Å². The van der Waals surface area contributed by atoms with Crippen LogP contribution in [-0.4, -0.2) is 18.6 Å². The summed E-state index contributed by atoms with van der Waals surface area (Å²) in [6.07, 6.45) is 0.611. The maximum atomic E-state index is 13.6. The van der Waals surface area contributed by atoms with E-state index in [9.17, 15) is 12.8 Å². The van der Waals surface area contributed by atoms with Gasteiger partial charge in [-0.05, 0) is 18.2 Å². The molecule has 0 unspecified atom stereocenters. The minimum Gasteiger partial charge on any atom is -0.481 e. The third-order valence-corrected chi connectivity index (χ3v) is 3.71. The van der Waals surface area contributed by atoms with Crippen molar-refractivity contribution in [3.05, 3.63) is 35.7 Å². The quantitative estimate of drug-likeness (QED) is 0.786. The highest BCUT2D eigenvalue weighted by Gasteiger charge is 2.14. The van der Waals surface area contributed by atoms with Gasteiger partial charge in [0, 0.05) is 17.1 Å². The van der Waals surface area contributed by atoms with Crippen LogP contribution in [0.4, 0.5) is 4.39 Å². The Labute approximate surface area is 118 Å². The van der Waals surface area contributed by atoms with Crippen molar-refractivity contribution in [2.75, 3.05) is 0 Å². The van der Waals surface area contributed by atoms with Crippen molar-refractivity contribution in [3.8, 4) is 5.75 Å². The number of halogens is 2. The second kappa shape index (κ2) is 5.76. The molecule has 1 heterocycles. The predicted molar refractivity (Wildman–Crippen MR) is 67.4 cm³/mol. The molecule has 0 amide bonds. The van der Waals surface area contributed by atoms with Gasteiger partial charge in [-0.25, -0.2) is 12.8 Å². The Kier molecular flexibility index (Phi) is 4.24. The average Bonchev–Trinajstić information content (AvgIpc) is 2.84. The molecule has 0 fully saturated rings. The smallest absolute Gasteiger partial charge is 0.264 e. The minimum atomic E-state index is -3.97. The van der Waals surface area contributed by atoms with E-state index in [1.807, 2.05) is 6.92 Å².